The molecule has 158 valence electrons. The van der Waals surface area contributed by atoms with E-state index in [0.717, 1.165) is 40.6 Å². The molecule has 3 atom stereocenters. The fourth-order valence-corrected chi connectivity index (χ4v) is 4.52. The molecule has 1 unspecified atom stereocenters. The first kappa shape index (κ1) is 20.3. The summed E-state index contributed by atoms with van der Waals surface area (Å²) in [6.45, 7) is 5.56. The lowest BCUT2D eigenvalue weighted by atomic mass is 9.90. The molecule has 0 aromatic heterocycles. The number of quaternary nitrogens is 1. The van der Waals surface area contributed by atoms with Crippen LogP contribution in [0.4, 0.5) is 4.79 Å². The summed E-state index contributed by atoms with van der Waals surface area (Å²) in [5.41, 5.74) is -0.336. The third-order valence-corrected chi connectivity index (χ3v) is 6.22. The van der Waals surface area contributed by atoms with Crippen molar-refractivity contribution >= 4 is 28.7 Å². The molecule has 2 aliphatic rings. The van der Waals surface area contributed by atoms with Crippen LogP contribution in [0.2, 0.25) is 0 Å². The van der Waals surface area contributed by atoms with Crippen LogP contribution in [0.5, 0.6) is 0 Å². The van der Waals surface area contributed by atoms with Gasteiger partial charge in [-0.05, 0) is 49.1 Å². The number of nitrogens with zero attached hydrogens (tertiary/aromatic N) is 1. The molecule has 7 heteroatoms. The Bertz CT molecular complexity index is 991. The van der Waals surface area contributed by atoms with E-state index >= 15 is 0 Å². The molecule has 2 aromatic carbocycles. The number of fused-ring (bicyclic) bond motifs is 1. The lowest BCUT2D eigenvalue weighted by Gasteiger charge is -2.30. The van der Waals surface area contributed by atoms with Crippen LogP contribution in [-0.4, -0.2) is 49.2 Å². The number of nitrogens with one attached hydrogen (secondary N) is 2. The molecule has 3 amide bonds. The standard InChI is InChI=1S/C23H27N3O4/c1-3-30-20(27)18-9-6-12-25(14-18)15-26-21(28)23(2,24-22(26)29)19-11-10-16-7-4-5-8-17(16)13-19/h4-5,7-8,10-11,13,18H,3,6,9,12,14-15H2,1-2H3,(H,24,29)/p+1/t18-,23-/m1/s1. The molecule has 0 bridgehead atoms. The summed E-state index contributed by atoms with van der Waals surface area (Å²) in [7, 11) is 0. The number of rotatable bonds is 5. The second-order valence-electron chi connectivity index (χ2n) is 8.30. The highest BCUT2D eigenvalue weighted by molar-refractivity contribution is 6.07. The Morgan fingerprint density at radius 2 is 2.00 bits per heavy atom. The molecule has 30 heavy (non-hydrogen) atoms. The summed E-state index contributed by atoms with van der Waals surface area (Å²) >= 11 is 0. The fraction of sp³-hybridized carbons (Fsp3) is 0.435. The number of hydrogen-bond acceptors (Lipinski definition) is 4. The van der Waals surface area contributed by atoms with Crippen molar-refractivity contribution in [1.82, 2.24) is 10.2 Å². The van der Waals surface area contributed by atoms with Crippen LogP contribution in [0.3, 0.4) is 0 Å². The molecular weight excluding hydrogens is 382 g/mol. The number of esters is 1. The maximum absolute atomic E-state index is 13.3. The van der Waals surface area contributed by atoms with Gasteiger partial charge < -0.3 is 15.0 Å². The fourth-order valence-electron chi connectivity index (χ4n) is 4.52. The molecule has 2 saturated heterocycles. The highest BCUT2D eigenvalue weighted by Crippen LogP contribution is 2.30. The van der Waals surface area contributed by atoms with Crippen molar-refractivity contribution < 1.29 is 24.0 Å². The quantitative estimate of drug-likeness (QED) is 0.577. The van der Waals surface area contributed by atoms with E-state index in [0.29, 0.717) is 13.2 Å². The number of carbonyl (C=O) groups is 3. The van der Waals surface area contributed by atoms with Crippen LogP contribution in [0.25, 0.3) is 10.8 Å². The van der Waals surface area contributed by atoms with E-state index in [1.54, 1.807) is 13.8 Å². The minimum Gasteiger partial charge on any atom is -0.466 e. The van der Waals surface area contributed by atoms with E-state index in [1.807, 2.05) is 42.5 Å². The van der Waals surface area contributed by atoms with Crippen LogP contribution >= 0.6 is 0 Å². The van der Waals surface area contributed by atoms with Gasteiger partial charge in [0.1, 0.15) is 11.5 Å². The molecule has 4 rings (SSSR count). The molecule has 2 aromatic rings. The van der Waals surface area contributed by atoms with E-state index in [1.165, 1.54) is 4.90 Å². The van der Waals surface area contributed by atoms with Gasteiger partial charge in [-0.15, -0.1) is 0 Å². The molecule has 0 aliphatic carbocycles. The van der Waals surface area contributed by atoms with E-state index in [2.05, 4.69) is 5.32 Å². The monoisotopic (exact) mass is 410 g/mol. The highest BCUT2D eigenvalue weighted by atomic mass is 16.5. The van der Waals surface area contributed by atoms with Crippen molar-refractivity contribution in [3.63, 3.8) is 0 Å². The van der Waals surface area contributed by atoms with Crippen molar-refractivity contribution in [1.29, 1.82) is 0 Å². The second kappa shape index (κ2) is 8.07. The number of hydrogen-bond donors (Lipinski definition) is 2. The summed E-state index contributed by atoms with van der Waals surface area (Å²) in [6, 6.07) is 13.4. The summed E-state index contributed by atoms with van der Waals surface area (Å²) in [5, 5.41) is 5.00. The Morgan fingerprint density at radius 3 is 2.77 bits per heavy atom. The molecule has 2 heterocycles. The second-order valence-corrected chi connectivity index (χ2v) is 8.30. The first-order chi connectivity index (χ1) is 14.4. The van der Waals surface area contributed by atoms with E-state index in [4.69, 9.17) is 4.74 Å². The van der Waals surface area contributed by atoms with Crippen LogP contribution in [0.1, 0.15) is 32.3 Å². The number of ether oxygens (including phenoxy) is 1. The van der Waals surface area contributed by atoms with Gasteiger partial charge in [0.2, 0.25) is 0 Å². The molecule has 7 nitrogen and oxygen atoms in total. The average molecular weight is 410 g/mol. The Kier molecular flexibility index (Phi) is 5.47. The SMILES string of the molecule is CCOC(=O)[C@@H]1CCC[NH+](CN2C(=O)N[C@](C)(c3ccc4ccccc4c3)C2=O)C1. The number of likely N-dealkylation sites (tertiary alicyclic amines) is 1. The zero-order chi connectivity index (χ0) is 21.3. The van der Waals surface area contributed by atoms with E-state index in [9.17, 15) is 14.4 Å². The average Bonchev–Trinajstić information content (AvgIpc) is 2.97. The topological polar surface area (TPSA) is 80.2 Å². The van der Waals surface area contributed by atoms with Crippen LogP contribution in [0, 0.1) is 5.92 Å². The number of carbonyl (C=O) groups excluding carboxylic acids is 3. The molecule has 2 aliphatic heterocycles. The predicted octanol–water partition coefficient (Wildman–Crippen LogP) is 1.42. The zero-order valence-corrected chi connectivity index (χ0v) is 17.4. The van der Waals surface area contributed by atoms with Gasteiger partial charge in [-0.3, -0.25) is 9.59 Å². The number of imide groups is 1. The third-order valence-electron chi connectivity index (χ3n) is 6.22. The van der Waals surface area contributed by atoms with Gasteiger partial charge in [-0.25, -0.2) is 9.69 Å². The van der Waals surface area contributed by atoms with Crippen molar-refractivity contribution in [2.24, 2.45) is 5.92 Å². The minimum absolute atomic E-state index is 0.179. The molecular formula is C23H28N3O4+. The highest BCUT2D eigenvalue weighted by Gasteiger charge is 2.50. The van der Waals surface area contributed by atoms with Gasteiger partial charge in [0.25, 0.3) is 5.91 Å². The Labute approximate surface area is 176 Å². The van der Waals surface area contributed by atoms with Crippen LogP contribution < -0.4 is 10.2 Å². The first-order valence-electron chi connectivity index (χ1n) is 10.6. The first-order valence-corrected chi connectivity index (χ1v) is 10.6. The van der Waals surface area contributed by atoms with E-state index in [-0.39, 0.29) is 30.5 Å². The summed E-state index contributed by atoms with van der Waals surface area (Å²) in [4.78, 5) is 40.5. The van der Waals surface area contributed by atoms with Gasteiger partial charge in [0.05, 0.1) is 19.7 Å². The summed E-state index contributed by atoms with van der Waals surface area (Å²) in [6.07, 6.45) is 1.65. The number of urea groups is 1. The normalized spacial score (nSPS) is 26.7. The van der Waals surface area contributed by atoms with Crippen LogP contribution in [0.15, 0.2) is 42.5 Å². The lowest BCUT2D eigenvalue weighted by molar-refractivity contribution is -0.914. The van der Waals surface area contributed by atoms with Crippen molar-refractivity contribution in [3.8, 4) is 0 Å². The Hall–Kier alpha value is -2.93. The smallest absolute Gasteiger partial charge is 0.329 e. The lowest BCUT2D eigenvalue weighted by Crippen LogP contribution is -3.15. The maximum Gasteiger partial charge on any atom is 0.329 e. The van der Waals surface area contributed by atoms with Crippen LogP contribution in [-0.2, 0) is 19.9 Å². The number of benzene rings is 2. The van der Waals surface area contributed by atoms with Crippen molar-refractivity contribution in [3.05, 3.63) is 48.0 Å². The Balaban J connectivity index is 1.51. The third kappa shape index (κ3) is 3.65. The van der Waals surface area contributed by atoms with Crippen molar-refractivity contribution in [2.45, 2.75) is 32.2 Å². The molecule has 2 fully saturated rings. The van der Waals surface area contributed by atoms with Gasteiger partial charge >= 0.3 is 12.0 Å². The van der Waals surface area contributed by atoms with Gasteiger partial charge in [-0.1, -0.05) is 36.4 Å². The molecule has 0 spiro atoms. The molecule has 0 radical (unpaired) electrons. The van der Waals surface area contributed by atoms with Gasteiger partial charge in [0.15, 0.2) is 6.67 Å². The predicted molar refractivity (Wildman–Crippen MR) is 112 cm³/mol. The molecule has 2 N–H and O–H groups in total. The summed E-state index contributed by atoms with van der Waals surface area (Å²) in [5.74, 6) is -0.622. The van der Waals surface area contributed by atoms with E-state index < -0.39 is 5.54 Å². The Morgan fingerprint density at radius 1 is 1.23 bits per heavy atom. The number of amides is 3. The molecule has 0 saturated carbocycles. The van der Waals surface area contributed by atoms with Crippen molar-refractivity contribution in [2.75, 3.05) is 26.4 Å². The number of piperidine rings is 1. The largest absolute Gasteiger partial charge is 0.466 e. The summed E-state index contributed by atoms with van der Waals surface area (Å²) < 4.78 is 5.16. The minimum atomic E-state index is -1.10. The van der Waals surface area contributed by atoms with Gasteiger partial charge in [-0.2, -0.15) is 0 Å². The maximum atomic E-state index is 13.3. The van der Waals surface area contributed by atoms with Gasteiger partial charge in [0, 0.05) is 0 Å². The zero-order valence-electron chi connectivity index (χ0n) is 17.4.